The van der Waals surface area contributed by atoms with Gasteiger partial charge < -0.3 is 14.7 Å². The molecule has 0 aliphatic carbocycles. The summed E-state index contributed by atoms with van der Waals surface area (Å²) < 4.78 is 6.32. The normalized spacial score (nSPS) is 16.6. The van der Waals surface area contributed by atoms with E-state index in [1.165, 1.54) is 16.0 Å². The lowest BCUT2D eigenvalue weighted by molar-refractivity contribution is -0.137. The van der Waals surface area contributed by atoms with E-state index >= 15 is 0 Å². The van der Waals surface area contributed by atoms with Crippen LogP contribution < -0.4 is 4.74 Å². The second-order valence-electron chi connectivity index (χ2n) is 10.2. The van der Waals surface area contributed by atoms with Crippen LogP contribution >= 0.6 is 0 Å². The molecular weight excluding hydrogens is 438 g/mol. The smallest absolute Gasteiger partial charge is 0.323 e. The fourth-order valence-electron chi connectivity index (χ4n) is 4.66. The highest BCUT2D eigenvalue weighted by Gasteiger charge is 2.35. The minimum Gasteiger partial charge on any atom is -0.487 e. The van der Waals surface area contributed by atoms with Gasteiger partial charge in [0.15, 0.2) is 0 Å². The molecule has 0 saturated heterocycles. The average Bonchev–Trinajstić information content (AvgIpc) is 3.14. The summed E-state index contributed by atoms with van der Waals surface area (Å²) in [6.07, 6.45) is 1.45. The Morgan fingerprint density at radius 1 is 1.00 bits per heavy atom. The molecule has 3 aromatic rings. The quantitative estimate of drug-likeness (QED) is 0.452. The van der Waals surface area contributed by atoms with Crippen molar-refractivity contribution in [2.75, 3.05) is 6.54 Å². The van der Waals surface area contributed by atoms with Gasteiger partial charge in [-0.15, -0.1) is 0 Å². The summed E-state index contributed by atoms with van der Waals surface area (Å²) in [5, 5.41) is 9.40. The van der Waals surface area contributed by atoms with Crippen LogP contribution in [0.4, 0.5) is 0 Å². The molecule has 5 heteroatoms. The van der Waals surface area contributed by atoms with Gasteiger partial charge in [0.1, 0.15) is 17.9 Å². The minimum absolute atomic E-state index is 0.239. The lowest BCUT2D eigenvalue weighted by Crippen LogP contribution is -2.35. The first kappa shape index (κ1) is 24.5. The molecule has 4 rings (SSSR count). The van der Waals surface area contributed by atoms with Crippen LogP contribution in [0.3, 0.4) is 0 Å². The molecule has 35 heavy (non-hydrogen) atoms. The van der Waals surface area contributed by atoms with Gasteiger partial charge in [0, 0.05) is 24.9 Å². The van der Waals surface area contributed by atoms with Crippen molar-refractivity contribution in [1.29, 1.82) is 0 Å². The van der Waals surface area contributed by atoms with Crippen LogP contribution in [0.1, 0.15) is 64.9 Å². The molecule has 1 heterocycles. The zero-order chi connectivity index (χ0) is 25.2. The first-order valence-corrected chi connectivity index (χ1v) is 12.1. The lowest BCUT2D eigenvalue weighted by atomic mass is 9.90. The van der Waals surface area contributed by atoms with Gasteiger partial charge >= 0.3 is 5.97 Å². The molecule has 0 aromatic heterocycles. The van der Waals surface area contributed by atoms with Gasteiger partial charge in [0.2, 0.25) is 0 Å². The number of hydrogen-bond donors (Lipinski definition) is 1. The Morgan fingerprint density at radius 3 is 2.29 bits per heavy atom. The zero-order valence-electron chi connectivity index (χ0n) is 20.9. The Balaban J connectivity index is 1.50. The number of fused-ring (bicyclic) bond motifs is 1. The summed E-state index contributed by atoms with van der Waals surface area (Å²) >= 11 is 0. The fraction of sp³-hybridized carbons (Fsp3) is 0.333. The van der Waals surface area contributed by atoms with Crippen molar-refractivity contribution in [2.45, 2.75) is 58.6 Å². The van der Waals surface area contributed by atoms with Crippen LogP contribution in [0.2, 0.25) is 0 Å². The largest absolute Gasteiger partial charge is 0.487 e. The summed E-state index contributed by atoms with van der Waals surface area (Å²) in [7, 11) is 0. The van der Waals surface area contributed by atoms with Crippen molar-refractivity contribution in [2.24, 2.45) is 0 Å². The van der Waals surface area contributed by atoms with Gasteiger partial charge in [-0.1, -0.05) is 67.9 Å². The zero-order valence-corrected chi connectivity index (χ0v) is 20.9. The van der Waals surface area contributed by atoms with Gasteiger partial charge in [-0.25, -0.2) is 0 Å². The number of amides is 1. The second-order valence-corrected chi connectivity index (χ2v) is 10.2. The summed E-state index contributed by atoms with van der Waals surface area (Å²) in [5.41, 5.74) is 5.59. The first-order chi connectivity index (χ1) is 16.6. The van der Waals surface area contributed by atoms with Crippen molar-refractivity contribution in [1.82, 2.24) is 4.90 Å². The van der Waals surface area contributed by atoms with Gasteiger partial charge in [-0.3, -0.25) is 9.59 Å². The number of nitrogens with zero attached hydrogens (tertiary/aromatic N) is 1. The van der Waals surface area contributed by atoms with E-state index in [-0.39, 0.29) is 19.0 Å². The van der Waals surface area contributed by atoms with Crippen LogP contribution in [-0.4, -0.2) is 34.0 Å². The van der Waals surface area contributed by atoms with Crippen molar-refractivity contribution in [3.05, 3.63) is 100 Å². The molecule has 0 bridgehead atoms. The monoisotopic (exact) mass is 471 g/mol. The number of aryl methyl sites for hydroxylation is 1. The van der Waals surface area contributed by atoms with Crippen LogP contribution in [0.5, 0.6) is 5.75 Å². The number of carbonyl (C=O) groups is 2. The van der Waals surface area contributed by atoms with Crippen LogP contribution in [-0.2, 0) is 24.2 Å². The summed E-state index contributed by atoms with van der Waals surface area (Å²) in [6, 6.07) is 21.9. The summed E-state index contributed by atoms with van der Waals surface area (Å²) in [6.45, 7) is 8.34. The predicted octanol–water partition coefficient (Wildman–Crippen LogP) is 5.78. The third-order valence-corrected chi connectivity index (χ3v) is 6.56. The number of hydrogen-bond acceptors (Lipinski definition) is 3. The topological polar surface area (TPSA) is 66.8 Å². The van der Waals surface area contributed by atoms with Gasteiger partial charge in [-0.2, -0.15) is 0 Å². The maximum atomic E-state index is 13.3. The number of ether oxygens (including phenoxy) is 1. The van der Waals surface area contributed by atoms with E-state index in [0.717, 1.165) is 28.9 Å². The molecule has 0 spiro atoms. The minimum atomic E-state index is -1.04. The molecule has 0 saturated carbocycles. The highest BCUT2D eigenvalue weighted by Crippen LogP contribution is 2.38. The maximum absolute atomic E-state index is 13.3. The molecule has 0 fully saturated rings. The molecule has 1 amide bonds. The van der Waals surface area contributed by atoms with Crippen molar-refractivity contribution < 1.29 is 19.4 Å². The number of carboxylic acids is 1. The van der Waals surface area contributed by atoms with E-state index in [1.54, 1.807) is 6.07 Å². The molecule has 1 aliphatic rings. The van der Waals surface area contributed by atoms with Gasteiger partial charge in [-0.05, 0) is 60.2 Å². The Kier molecular flexibility index (Phi) is 6.97. The van der Waals surface area contributed by atoms with Crippen LogP contribution in [0.15, 0.2) is 66.7 Å². The van der Waals surface area contributed by atoms with E-state index in [4.69, 9.17) is 4.74 Å². The van der Waals surface area contributed by atoms with E-state index in [2.05, 4.69) is 45.0 Å². The molecule has 1 atom stereocenters. The van der Waals surface area contributed by atoms with E-state index in [1.807, 2.05) is 43.3 Å². The Morgan fingerprint density at radius 2 is 1.66 bits per heavy atom. The number of aliphatic carboxylic acids is 1. The van der Waals surface area contributed by atoms with Crippen molar-refractivity contribution in [3.63, 3.8) is 0 Å². The Labute approximate surface area is 207 Å². The molecule has 1 unspecified atom stereocenters. The molecule has 182 valence electrons. The fourth-order valence-corrected chi connectivity index (χ4v) is 4.66. The average molecular weight is 472 g/mol. The number of carboxylic acid groups (broad SMARTS) is 1. The Hall–Kier alpha value is -3.60. The third-order valence-electron chi connectivity index (χ3n) is 6.56. The van der Waals surface area contributed by atoms with E-state index < -0.39 is 11.6 Å². The Bertz CT molecular complexity index is 1210. The molecule has 1 aliphatic heterocycles. The van der Waals surface area contributed by atoms with Gasteiger partial charge in [0.05, 0.1) is 0 Å². The summed E-state index contributed by atoms with van der Waals surface area (Å²) in [5.74, 6) is -0.0554. The predicted molar refractivity (Wildman–Crippen MR) is 137 cm³/mol. The lowest BCUT2D eigenvalue weighted by Gasteiger charge is -2.24. The molecule has 1 N–H and O–H groups in total. The van der Waals surface area contributed by atoms with E-state index in [9.17, 15) is 14.7 Å². The summed E-state index contributed by atoms with van der Waals surface area (Å²) in [4.78, 5) is 26.2. The van der Waals surface area contributed by atoms with Crippen molar-refractivity contribution in [3.8, 4) is 5.75 Å². The number of rotatable bonds is 8. The SMILES string of the molecule is Cc1ccc(CN(CC(=O)O)C(=O)c2ccc3c(c2)CC(C)(Cc2ccc(C(C)C)cc2)O3)cc1. The molecule has 0 radical (unpaired) electrons. The number of benzene rings is 3. The third kappa shape index (κ3) is 5.91. The van der Waals surface area contributed by atoms with Crippen LogP contribution in [0, 0.1) is 6.92 Å². The van der Waals surface area contributed by atoms with Crippen molar-refractivity contribution >= 4 is 11.9 Å². The second kappa shape index (κ2) is 9.95. The van der Waals surface area contributed by atoms with Gasteiger partial charge in [0.25, 0.3) is 5.91 Å². The molecule has 5 nitrogen and oxygen atoms in total. The maximum Gasteiger partial charge on any atom is 0.323 e. The first-order valence-electron chi connectivity index (χ1n) is 12.1. The van der Waals surface area contributed by atoms with E-state index in [0.29, 0.717) is 17.9 Å². The molecule has 3 aromatic carbocycles. The molecular formula is C30H33NO4. The number of carbonyl (C=O) groups excluding carboxylic acids is 1. The highest BCUT2D eigenvalue weighted by molar-refractivity contribution is 5.96. The van der Waals surface area contributed by atoms with Crippen LogP contribution in [0.25, 0.3) is 0 Å². The highest BCUT2D eigenvalue weighted by atomic mass is 16.5. The standard InChI is InChI=1S/C30H33NO4/c1-20(2)24-11-9-22(10-12-24)16-30(4)17-26-15-25(13-14-27(26)35-30)29(34)31(19-28(32)33)18-23-7-5-21(3)6-8-23/h5-15,20H,16-19H2,1-4H3,(H,32,33).